The lowest BCUT2D eigenvalue weighted by Gasteiger charge is -2.22. The molecule has 2 heterocycles. The van der Waals surface area contributed by atoms with Crippen molar-refractivity contribution in [1.82, 2.24) is 9.88 Å². The second kappa shape index (κ2) is 8.85. The van der Waals surface area contributed by atoms with Crippen molar-refractivity contribution < 1.29 is 27.1 Å². The van der Waals surface area contributed by atoms with Gasteiger partial charge in [0.15, 0.2) is 12.2 Å². The summed E-state index contributed by atoms with van der Waals surface area (Å²) >= 11 is 0. The largest absolute Gasteiger partial charge is 0.484 e. The molecule has 1 fully saturated rings. The maximum atomic E-state index is 13.5. The van der Waals surface area contributed by atoms with Crippen molar-refractivity contribution in [2.45, 2.75) is 25.1 Å². The summed E-state index contributed by atoms with van der Waals surface area (Å²) in [4.78, 5) is 19.0. The smallest absolute Gasteiger partial charge is 0.417 e. The molecule has 1 unspecified atom stereocenters. The van der Waals surface area contributed by atoms with Crippen molar-refractivity contribution in [3.05, 3.63) is 84.3 Å². The number of likely N-dealkylation sites (tertiary alicyclic amines) is 1. The van der Waals surface area contributed by atoms with Crippen LogP contribution in [0.25, 0.3) is 22.2 Å². The first kappa shape index (κ1) is 22.0. The molecule has 0 saturated carbocycles. The van der Waals surface area contributed by atoms with Crippen LogP contribution in [0.1, 0.15) is 30.3 Å². The van der Waals surface area contributed by atoms with Gasteiger partial charge in [0, 0.05) is 6.54 Å². The summed E-state index contributed by atoms with van der Waals surface area (Å²) < 4.78 is 51.9. The van der Waals surface area contributed by atoms with Crippen LogP contribution < -0.4 is 4.74 Å². The van der Waals surface area contributed by atoms with Crippen molar-refractivity contribution in [1.29, 1.82) is 0 Å². The minimum Gasteiger partial charge on any atom is -0.484 e. The number of amides is 1. The molecule has 1 atom stereocenters. The molecule has 0 spiro atoms. The predicted molar refractivity (Wildman–Crippen MR) is 120 cm³/mol. The van der Waals surface area contributed by atoms with E-state index in [0.29, 0.717) is 41.3 Å². The van der Waals surface area contributed by atoms with Crippen LogP contribution in [0.3, 0.4) is 0 Å². The van der Waals surface area contributed by atoms with E-state index in [-0.39, 0.29) is 24.1 Å². The minimum absolute atomic E-state index is 0.0807. The Labute approximate surface area is 193 Å². The van der Waals surface area contributed by atoms with Crippen molar-refractivity contribution in [2.75, 3.05) is 13.2 Å². The summed E-state index contributed by atoms with van der Waals surface area (Å²) in [6, 6.07) is 19.0. The van der Waals surface area contributed by atoms with Gasteiger partial charge in [-0.1, -0.05) is 42.5 Å². The van der Waals surface area contributed by atoms with Gasteiger partial charge in [-0.05, 0) is 54.3 Å². The molecule has 0 aliphatic carbocycles. The van der Waals surface area contributed by atoms with Gasteiger partial charge in [0.1, 0.15) is 17.3 Å². The molecule has 4 aromatic rings. The minimum atomic E-state index is -4.47. The molecule has 0 radical (unpaired) electrons. The molecule has 174 valence electrons. The van der Waals surface area contributed by atoms with E-state index < -0.39 is 11.7 Å². The fourth-order valence-corrected chi connectivity index (χ4v) is 4.30. The van der Waals surface area contributed by atoms with Crippen molar-refractivity contribution in [3.8, 4) is 16.9 Å². The molecule has 1 aliphatic rings. The number of fused-ring (bicyclic) bond motifs is 1. The topological polar surface area (TPSA) is 55.6 Å². The molecular formula is C26H21F3N2O3. The van der Waals surface area contributed by atoms with Gasteiger partial charge < -0.3 is 14.1 Å². The van der Waals surface area contributed by atoms with Gasteiger partial charge in [-0.15, -0.1) is 0 Å². The Balaban J connectivity index is 1.39. The average Bonchev–Trinajstić information content (AvgIpc) is 3.49. The Kier molecular flexibility index (Phi) is 5.73. The Bertz CT molecular complexity index is 1320. The van der Waals surface area contributed by atoms with Gasteiger partial charge >= 0.3 is 6.18 Å². The highest BCUT2D eigenvalue weighted by atomic mass is 19.4. The molecular weight excluding hydrogens is 445 g/mol. The lowest BCUT2D eigenvalue weighted by Crippen LogP contribution is -2.34. The van der Waals surface area contributed by atoms with Gasteiger partial charge in [-0.3, -0.25) is 4.79 Å². The fourth-order valence-electron chi connectivity index (χ4n) is 4.30. The fraction of sp³-hybridized carbons (Fsp3) is 0.231. The molecule has 5 rings (SSSR count). The van der Waals surface area contributed by atoms with Crippen molar-refractivity contribution in [3.63, 3.8) is 0 Å². The first-order chi connectivity index (χ1) is 16.4. The zero-order valence-electron chi connectivity index (χ0n) is 18.1. The average molecular weight is 466 g/mol. The summed E-state index contributed by atoms with van der Waals surface area (Å²) in [5, 5.41) is 0. The highest BCUT2D eigenvalue weighted by Gasteiger charge is 2.35. The third kappa shape index (κ3) is 4.35. The van der Waals surface area contributed by atoms with E-state index in [1.54, 1.807) is 41.3 Å². The first-order valence-electron chi connectivity index (χ1n) is 10.9. The highest BCUT2D eigenvalue weighted by molar-refractivity contribution is 5.82. The lowest BCUT2D eigenvalue weighted by atomic mass is 9.99. The van der Waals surface area contributed by atoms with E-state index in [1.165, 1.54) is 12.1 Å². The summed E-state index contributed by atoms with van der Waals surface area (Å²) in [5.41, 5.74) is 0.685. The molecule has 1 amide bonds. The number of halogens is 3. The second-order valence-corrected chi connectivity index (χ2v) is 8.12. The van der Waals surface area contributed by atoms with Gasteiger partial charge in [-0.2, -0.15) is 13.2 Å². The summed E-state index contributed by atoms with van der Waals surface area (Å²) in [5.74, 6) is 0.815. The van der Waals surface area contributed by atoms with E-state index in [2.05, 4.69) is 4.98 Å². The van der Waals surface area contributed by atoms with Crippen molar-refractivity contribution in [2.24, 2.45) is 0 Å². The Morgan fingerprint density at radius 1 is 1.06 bits per heavy atom. The molecule has 5 nitrogen and oxygen atoms in total. The molecule has 1 saturated heterocycles. The van der Waals surface area contributed by atoms with Gasteiger partial charge in [-0.25, -0.2) is 4.98 Å². The Hall–Kier alpha value is -3.81. The number of alkyl halides is 3. The van der Waals surface area contributed by atoms with E-state index >= 15 is 0 Å². The van der Waals surface area contributed by atoms with Crippen LogP contribution in [0, 0.1) is 0 Å². The van der Waals surface area contributed by atoms with Crippen LogP contribution >= 0.6 is 0 Å². The summed E-state index contributed by atoms with van der Waals surface area (Å²) in [7, 11) is 0. The Morgan fingerprint density at radius 3 is 2.62 bits per heavy atom. The van der Waals surface area contributed by atoms with Crippen LogP contribution in [-0.2, 0) is 11.0 Å². The number of hydrogen-bond donors (Lipinski definition) is 0. The van der Waals surface area contributed by atoms with Gasteiger partial charge in [0.05, 0.1) is 5.56 Å². The van der Waals surface area contributed by atoms with E-state index in [4.69, 9.17) is 9.15 Å². The summed E-state index contributed by atoms with van der Waals surface area (Å²) in [6.07, 6.45) is -2.98. The third-order valence-corrected chi connectivity index (χ3v) is 5.91. The zero-order valence-corrected chi connectivity index (χ0v) is 18.1. The normalized spacial score (nSPS) is 16.2. The van der Waals surface area contributed by atoms with Gasteiger partial charge in [0.25, 0.3) is 5.91 Å². The SMILES string of the molecule is O=C(COc1ccccc1)N1CCCC1c1nc2cc(-c3ccccc3C(F)(F)F)ccc2o1. The molecule has 0 bridgehead atoms. The maximum absolute atomic E-state index is 13.5. The number of para-hydroxylation sites is 1. The standard InChI is InChI=1S/C26H21F3N2O3/c27-26(28,29)20-10-5-4-9-19(20)17-12-13-23-21(15-17)30-25(34-23)22-11-6-14-31(22)24(32)16-33-18-7-2-1-3-8-18/h1-5,7-10,12-13,15,22H,6,11,14,16H2. The number of nitrogens with zero attached hydrogens (tertiary/aromatic N) is 2. The highest BCUT2D eigenvalue weighted by Crippen LogP contribution is 2.39. The van der Waals surface area contributed by atoms with Crippen LogP contribution in [-0.4, -0.2) is 28.9 Å². The van der Waals surface area contributed by atoms with Crippen LogP contribution in [0.4, 0.5) is 13.2 Å². The molecule has 8 heteroatoms. The Morgan fingerprint density at radius 2 is 1.82 bits per heavy atom. The van der Waals surface area contributed by atoms with Gasteiger partial charge in [0.2, 0.25) is 5.89 Å². The number of hydrogen-bond acceptors (Lipinski definition) is 4. The number of carbonyl (C=O) groups excluding carboxylic acids is 1. The van der Waals surface area contributed by atoms with Crippen LogP contribution in [0.5, 0.6) is 5.75 Å². The number of aromatic nitrogens is 1. The number of oxazole rings is 1. The third-order valence-electron chi connectivity index (χ3n) is 5.91. The molecule has 0 N–H and O–H groups in total. The predicted octanol–water partition coefficient (Wildman–Crippen LogP) is 6.26. The van der Waals surface area contributed by atoms with E-state index in [9.17, 15) is 18.0 Å². The maximum Gasteiger partial charge on any atom is 0.417 e. The number of rotatable bonds is 5. The summed E-state index contributed by atoms with van der Waals surface area (Å²) in [6.45, 7) is 0.462. The van der Waals surface area contributed by atoms with Crippen LogP contribution in [0.2, 0.25) is 0 Å². The molecule has 1 aromatic heterocycles. The van der Waals surface area contributed by atoms with E-state index in [0.717, 1.165) is 12.5 Å². The molecule has 1 aliphatic heterocycles. The second-order valence-electron chi connectivity index (χ2n) is 8.12. The molecule has 34 heavy (non-hydrogen) atoms. The lowest BCUT2D eigenvalue weighted by molar-refractivity contribution is -0.137. The van der Waals surface area contributed by atoms with E-state index in [1.807, 2.05) is 18.2 Å². The number of benzene rings is 3. The number of ether oxygens (including phenoxy) is 1. The molecule has 3 aromatic carbocycles. The quantitative estimate of drug-likeness (QED) is 0.349. The monoisotopic (exact) mass is 466 g/mol. The first-order valence-corrected chi connectivity index (χ1v) is 10.9. The van der Waals surface area contributed by atoms with Crippen molar-refractivity contribution >= 4 is 17.0 Å². The zero-order chi connectivity index (χ0) is 23.7. The van der Waals surface area contributed by atoms with Crippen LogP contribution in [0.15, 0.2) is 77.2 Å². The number of carbonyl (C=O) groups is 1.